The highest BCUT2D eigenvalue weighted by atomic mass is 32.2. The summed E-state index contributed by atoms with van der Waals surface area (Å²) in [7, 11) is -3.57. The normalized spacial score (nSPS) is 16.4. The van der Waals surface area contributed by atoms with Gasteiger partial charge in [0, 0.05) is 37.1 Å². The van der Waals surface area contributed by atoms with Crippen LogP contribution in [-0.2, 0) is 21.2 Å². The van der Waals surface area contributed by atoms with Crippen LogP contribution < -0.4 is 9.64 Å². The average Bonchev–Trinajstić information content (AvgIpc) is 3.29. The number of hydrogen-bond acceptors (Lipinski definition) is 6. The van der Waals surface area contributed by atoms with Crippen molar-refractivity contribution in [3.63, 3.8) is 0 Å². The SMILES string of the molecule is O=C(c1ccc(Oc2cccnc2)cc1)N1CCc2cc(S(=O)(=O)N3CCOCC3)ccc21. The van der Waals surface area contributed by atoms with Gasteiger partial charge in [-0.3, -0.25) is 9.78 Å². The van der Waals surface area contributed by atoms with Crippen LogP contribution in [-0.4, -0.2) is 56.5 Å². The summed E-state index contributed by atoms with van der Waals surface area (Å²) < 4.78 is 38.4. The highest BCUT2D eigenvalue weighted by molar-refractivity contribution is 7.89. The second-order valence-electron chi connectivity index (χ2n) is 7.83. The van der Waals surface area contributed by atoms with Crippen molar-refractivity contribution in [2.45, 2.75) is 11.3 Å². The Kier molecular flexibility index (Phi) is 5.84. The van der Waals surface area contributed by atoms with Crippen LogP contribution >= 0.6 is 0 Å². The molecule has 2 aliphatic rings. The van der Waals surface area contributed by atoms with Crippen molar-refractivity contribution in [2.24, 2.45) is 0 Å². The first kappa shape index (κ1) is 21.6. The fourth-order valence-electron chi connectivity index (χ4n) is 4.05. The molecule has 170 valence electrons. The number of morpholine rings is 1. The fourth-order valence-corrected chi connectivity index (χ4v) is 5.51. The van der Waals surface area contributed by atoms with Gasteiger partial charge in [0.1, 0.15) is 11.5 Å². The monoisotopic (exact) mass is 465 g/mol. The van der Waals surface area contributed by atoms with Crippen LogP contribution in [0.4, 0.5) is 5.69 Å². The van der Waals surface area contributed by atoms with Crippen molar-refractivity contribution in [3.8, 4) is 11.5 Å². The van der Waals surface area contributed by atoms with Gasteiger partial charge in [0.2, 0.25) is 10.0 Å². The lowest BCUT2D eigenvalue weighted by Crippen LogP contribution is -2.40. The third-order valence-corrected chi connectivity index (χ3v) is 7.67. The third kappa shape index (κ3) is 4.35. The van der Waals surface area contributed by atoms with Crippen LogP contribution in [0.1, 0.15) is 15.9 Å². The number of sulfonamides is 1. The molecule has 33 heavy (non-hydrogen) atoms. The zero-order valence-electron chi connectivity index (χ0n) is 17.9. The summed E-state index contributed by atoms with van der Waals surface area (Å²) in [6, 6.07) is 15.5. The van der Waals surface area contributed by atoms with Crippen molar-refractivity contribution in [1.82, 2.24) is 9.29 Å². The molecule has 0 aliphatic carbocycles. The summed E-state index contributed by atoms with van der Waals surface area (Å²) in [4.78, 5) is 19.1. The van der Waals surface area contributed by atoms with Gasteiger partial charge in [0.05, 0.1) is 24.3 Å². The molecule has 0 radical (unpaired) electrons. The summed E-state index contributed by atoms with van der Waals surface area (Å²) in [6.45, 7) is 2.01. The number of amides is 1. The predicted octanol–water partition coefficient (Wildman–Crippen LogP) is 3.10. The third-order valence-electron chi connectivity index (χ3n) is 5.77. The van der Waals surface area contributed by atoms with E-state index in [-0.39, 0.29) is 10.8 Å². The molecular formula is C24H23N3O5S. The Morgan fingerprint density at radius 1 is 0.970 bits per heavy atom. The number of fused-ring (bicyclic) bond motifs is 1. The Labute approximate surface area is 192 Å². The van der Waals surface area contributed by atoms with Gasteiger partial charge in [-0.05, 0) is 66.6 Å². The molecule has 0 N–H and O–H groups in total. The summed E-state index contributed by atoms with van der Waals surface area (Å²) in [5.74, 6) is 1.10. The van der Waals surface area contributed by atoms with Gasteiger partial charge in [-0.2, -0.15) is 4.31 Å². The molecule has 1 fully saturated rings. The Bertz CT molecular complexity index is 1260. The maximum absolute atomic E-state index is 13.1. The van der Waals surface area contributed by atoms with Crippen molar-refractivity contribution in [1.29, 1.82) is 0 Å². The van der Waals surface area contributed by atoms with Crippen molar-refractivity contribution in [3.05, 3.63) is 78.1 Å². The highest BCUT2D eigenvalue weighted by Gasteiger charge is 2.30. The first-order valence-corrected chi connectivity index (χ1v) is 12.2. The van der Waals surface area contributed by atoms with Crippen molar-refractivity contribution in [2.75, 3.05) is 37.7 Å². The van der Waals surface area contributed by atoms with E-state index in [4.69, 9.17) is 9.47 Å². The number of rotatable bonds is 5. The number of pyridine rings is 1. The van der Waals surface area contributed by atoms with E-state index in [1.165, 1.54) is 4.31 Å². The van der Waals surface area contributed by atoms with Gasteiger partial charge in [0.15, 0.2) is 0 Å². The molecule has 8 nitrogen and oxygen atoms in total. The number of anilines is 1. The Morgan fingerprint density at radius 3 is 2.48 bits per heavy atom. The smallest absolute Gasteiger partial charge is 0.258 e. The maximum Gasteiger partial charge on any atom is 0.258 e. The zero-order valence-corrected chi connectivity index (χ0v) is 18.7. The molecule has 0 unspecified atom stereocenters. The minimum absolute atomic E-state index is 0.134. The van der Waals surface area contributed by atoms with E-state index < -0.39 is 10.0 Å². The molecule has 5 rings (SSSR count). The molecule has 0 saturated carbocycles. The first-order valence-electron chi connectivity index (χ1n) is 10.7. The topological polar surface area (TPSA) is 89.0 Å². The molecule has 0 spiro atoms. The second kappa shape index (κ2) is 8.93. The number of ether oxygens (including phenoxy) is 2. The second-order valence-corrected chi connectivity index (χ2v) is 9.77. The van der Waals surface area contributed by atoms with E-state index in [1.54, 1.807) is 71.9 Å². The molecule has 3 heterocycles. The molecule has 3 aromatic rings. The summed E-state index contributed by atoms with van der Waals surface area (Å²) >= 11 is 0. The Hall–Kier alpha value is -3.27. The van der Waals surface area contributed by atoms with E-state index in [0.717, 1.165) is 11.3 Å². The van der Waals surface area contributed by atoms with E-state index in [1.807, 2.05) is 0 Å². The predicted molar refractivity (Wildman–Crippen MR) is 122 cm³/mol. The minimum Gasteiger partial charge on any atom is -0.456 e. The maximum atomic E-state index is 13.1. The molecule has 1 aromatic heterocycles. The molecule has 1 amide bonds. The number of carbonyl (C=O) groups is 1. The van der Waals surface area contributed by atoms with Crippen LogP contribution in [0.5, 0.6) is 11.5 Å². The van der Waals surface area contributed by atoms with E-state index in [2.05, 4.69) is 4.98 Å². The van der Waals surface area contributed by atoms with Gasteiger partial charge >= 0.3 is 0 Å². The Morgan fingerprint density at radius 2 is 1.76 bits per heavy atom. The van der Waals surface area contributed by atoms with Crippen LogP contribution in [0.2, 0.25) is 0 Å². The molecule has 1 saturated heterocycles. The lowest BCUT2D eigenvalue weighted by Gasteiger charge is -2.26. The van der Waals surface area contributed by atoms with E-state index in [0.29, 0.717) is 56.3 Å². The van der Waals surface area contributed by atoms with Gasteiger partial charge in [-0.1, -0.05) is 0 Å². The molecule has 2 aliphatic heterocycles. The van der Waals surface area contributed by atoms with Crippen molar-refractivity contribution >= 4 is 21.6 Å². The lowest BCUT2D eigenvalue weighted by atomic mass is 10.1. The van der Waals surface area contributed by atoms with Crippen LogP contribution in [0, 0.1) is 0 Å². The Balaban J connectivity index is 1.32. The standard InChI is InChI=1S/C24H23N3O5S/c28-24(18-3-5-20(6-4-18)32-21-2-1-10-25-17-21)27-11-9-19-16-22(7-8-23(19)27)33(29,30)26-12-14-31-15-13-26/h1-8,10,16-17H,9,11-15H2. The fraction of sp³-hybridized carbons (Fsp3) is 0.250. The van der Waals surface area contributed by atoms with E-state index >= 15 is 0 Å². The highest BCUT2D eigenvalue weighted by Crippen LogP contribution is 2.32. The number of aromatic nitrogens is 1. The van der Waals surface area contributed by atoms with Crippen LogP contribution in [0.25, 0.3) is 0 Å². The van der Waals surface area contributed by atoms with Gasteiger partial charge in [-0.15, -0.1) is 0 Å². The number of carbonyl (C=O) groups excluding carboxylic acids is 1. The minimum atomic E-state index is -3.57. The molecule has 0 bridgehead atoms. The van der Waals surface area contributed by atoms with E-state index in [9.17, 15) is 13.2 Å². The molecule has 9 heteroatoms. The average molecular weight is 466 g/mol. The first-order chi connectivity index (χ1) is 16.0. The van der Waals surface area contributed by atoms with Gasteiger partial charge < -0.3 is 14.4 Å². The molecule has 0 atom stereocenters. The lowest BCUT2D eigenvalue weighted by molar-refractivity contribution is 0.0730. The van der Waals surface area contributed by atoms with Gasteiger partial charge in [0.25, 0.3) is 5.91 Å². The zero-order chi connectivity index (χ0) is 22.8. The van der Waals surface area contributed by atoms with Crippen LogP contribution in [0.3, 0.4) is 0 Å². The van der Waals surface area contributed by atoms with Gasteiger partial charge in [-0.25, -0.2) is 8.42 Å². The summed E-state index contributed by atoms with van der Waals surface area (Å²) in [6.07, 6.45) is 3.90. The van der Waals surface area contributed by atoms with Crippen LogP contribution in [0.15, 0.2) is 71.9 Å². The number of hydrogen-bond donors (Lipinski definition) is 0. The molecule has 2 aromatic carbocycles. The molecular weight excluding hydrogens is 442 g/mol. The van der Waals surface area contributed by atoms with Crippen molar-refractivity contribution < 1.29 is 22.7 Å². The quantitative estimate of drug-likeness (QED) is 0.575. The summed E-state index contributed by atoms with van der Waals surface area (Å²) in [5, 5.41) is 0. The number of benzene rings is 2. The largest absolute Gasteiger partial charge is 0.456 e. The number of nitrogens with zero attached hydrogens (tertiary/aromatic N) is 3. The summed E-state index contributed by atoms with van der Waals surface area (Å²) in [5.41, 5.74) is 2.14.